The van der Waals surface area contributed by atoms with Gasteiger partial charge in [0.2, 0.25) is 0 Å². The number of ketones is 1. The lowest BCUT2D eigenvalue weighted by Crippen LogP contribution is -2.02. The second-order valence-electron chi connectivity index (χ2n) is 3.72. The van der Waals surface area contributed by atoms with Crippen molar-refractivity contribution in [3.05, 3.63) is 41.3 Å². The van der Waals surface area contributed by atoms with Gasteiger partial charge in [0, 0.05) is 6.07 Å². The molecule has 6 heteroatoms. The Kier molecular flexibility index (Phi) is 3.36. The van der Waals surface area contributed by atoms with Gasteiger partial charge in [-0.05, 0) is 26.0 Å². The lowest BCUT2D eigenvalue weighted by atomic mass is 10.1. The average molecular weight is 250 g/mol. The molecular formula is C12H11FN2O3. The standard InChI is InChI=1S/C12H11FN2O3/c1-7(16)10-4-3-9(13)5-11(10)17-6-12-14-8(2)15-18-12/h3-5H,6H2,1-2H3. The van der Waals surface area contributed by atoms with Crippen molar-refractivity contribution in [3.63, 3.8) is 0 Å². The first-order chi connectivity index (χ1) is 8.56. The number of aryl methyl sites for hydroxylation is 1. The maximum Gasteiger partial charge on any atom is 0.264 e. The van der Waals surface area contributed by atoms with Crippen molar-refractivity contribution in [2.24, 2.45) is 0 Å². The van der Waals surface area contributed by atoms with Gasteiger partial charge >= 0.3 is 0 Å². The normalized spacial score (nSPS) is 10.4. The minimum atomic E-state index is -0.475. The highest BCUT2D eigenvalue weighted by Crippen LogP contribution is 2.21. The largest absolute Gasteiger partial charge is 0.483 e. The molecule has 0 atom stereocenters. The predicted molar refractivity (Wildman–Crippen MR) is 59.8 cm³/mol. The molecule has 0 saturated heterocycles. The summed E-state index contributed by atoms with van der Waals surface area (Å²) in [5.74, 6) is 0.243. The van der Waals surface area contributed by atoms with E-state index in [2.05, 4.69) is 10.1 Å². The molecule has 0 bridgehead atoms. The summed E-state index contributed by atoms with van der Waals surface area (Å²) in [7, 11) is 0. The first-order valence-electron chi connectivity index (χ1n) is 5.29. The molecule has 2 rings (SSSR count). The van der Waals surface area contributed by atoms with E-state index >= 15 is 0 Å². The number of nitrogens with zero attached hydrogens (tertiary/aromatic N) is 2. The van der Waals surface area contributed by atoms with E-state index in [1.165, 1.54) is 19.1 Å². The van der Waals surface area contributed by atoms with Crippen molar-refractivity contribution in [1.82, 2.24) is 10.1 Å². The molecule has 1 aromatic carbocycles. The van der Waals surface area contributed by atoms with Crippen LogP contribution in [-0.2, 0) is 6.61 Å². The first-order valence-corrected chi connectivity index (χ1v) is 5.29. The van der Waals surface area contributed by atoms with E-state index in [-0.39, 0.29) is 24.0 Å². The second-order valence-corrected chi connectivity index (χ2v) is 3.72. The quantitative estimate of drug-likeness (QED) is 0.779. The molecule has 0 spiro atoms. The fourth-order valence-corrected chi connectivity index (χ4v) is 1.44. The van der Waals surface area contributed by atoms with Crippen molar-refractivity contribution < 1.29 is 18.4 Å². The molecule has 2 aromatic rings. The zero-order valence-corrected chi connectivity index (χ0v) is 9.94. The monoisotopic (exact) mass is 250 g/mol. The number of carbonyl (C=O) groups is 1. The Bertz CT molecular complexity index is 580. The topological polar surface area (TPSA) is 65.2 Å². The zero-order chi connectivity index (χ0) is 13.1. The minimum absolute atomic E-state index is 0.00935. The van der Waals surface area contributed by atoms with Gasteiger partial charge in [0.1, 0.15) is 11.6 Å². The van der Waals surface area contributed by atoms with E-state index in [4.69, 9.17) is 9.26 Å². The summed E-state index contributed by atoms with van der Waals surface area (Å²) in [4.78, 5) is 15.3. The Labute approximate surface area is 103 Å². The molecule has 0 unspecified atom stereocenters. The number of aromatic nitrogens is 2. The molecule has 0 radical (unpaired) electrons. The van der Waals surface area contributed by atoms with Gasteiger partial charge in [0.05, 0.1) is 5.56 Å². The molecule has 0 aliphatic rings. The molecule has 1 aromatic heterocycles. The second kappa shape index (κ2) is 4.95. The van der Waals surface area contributed by atoms with Gasteiger partial charge in [-0.15, -0.1) is 0 Å². The predicted octanol–water partition coefficient (Wildman–Crippen LogP) is 2.30. The Balaban J connectivity index is 2.17. The number of benzene rings is 1. The lowest BCUT2D eigenvalue weighted by Gasteiger charge is -2.07. The molecule has 0 amide bonds. The Morgan fingerprint density at radius 1 is 1.50 bits per heavy atom. The van der Waals surface area contributed by atoms with Crippen molar-refractivity contribution in [2.45, 2.75) is 20.5 Å². The van der Waals surface area contributed by atoms with Crippen LogP contribution in [0.3, 0.4) is 0 Å². The van der Waals surface area contributed by atoms with Crippen LogP contribution in [0.15, 0.2) is 22.7 Å². The Morgan fingerprint density at radius 2 is 2.28 bits per heavy atom. The van der Waals surface area contributed by atoms with Gasteiger partial charge < -0.3 is 9.26 Å². The van der Waals surface area contributed by atoms with Crippen LogP contribution >= 0.6 is 0 Å². The molecule has 0 fully saturated rings. The molecule has 1 heterocycles. The lowest BCUT2D eigenvalue weighted by molar-refractivity contribution is 0.101. The molecule has 94 valence electrons. The van der Waals surface area contributed by atoms with Crippen LogP contribution in [0.5, 0.6) is 5.75 Å². The average Bonchev–Trinajstić information content (AvgIpc) is 2.72. The Morgan fingerprint density at radius 3 is 2.89 bits per heavy atom. The smallest absolute Gasteiger partial charge is 0.264 e. The zero-order valence-electron chi connectivity index (χ0n) is 9.94. The summed E-state index contributed by atoms with van der Waals surface area (Å²) < 4.78 is 23.3. The van der Waals surface area contributed by atoms with Crippen molar-refractivity contribution in [3.8, 4) is 5.75 Å². The highest BCUT2D eigenvalue weighted by Gasteiger charge is 2.11. The van der Waals surface area contributed by atoms with Crippen LogP contribution in [0.2, 0.25) is 0 Å². The van der Waals surface area contributed by atoms with Crippen molar-refractivity contribution >= 4 is 5.78 Å². The van der Waals surface area contributed by atoms with Gasteiger partial charge in [0.15, 0.2) is 18.2 Å². The van der Waals surface area contributed by atoms with Crippen LogP contribution < -0.4 is 4.74 Å². The summed E-state index contributed by atoms with van der Waals surface area (Å²) in [5.41, 5.74) is 0.313. The van der Waals surface area contributed by atoms with Gasteiger partial charge in [-0.1, -0.05) is 5.16 Å². The van der Waals surface area contributed by atoms with Crippen molar-refractivity contribution in [2.75, 3.05) is 0 Å². The summed E-state index contributed by atoms with van der Waals surface area (Å²) in [6.45, 7) is 3.05. The van der Waals surface area contributed by atoms with Gasteiger partial charge in [-0.3, -0.25) is 4.79 Å². The summed E-state index contributed by atoms with van der Waals surface area (Å²) in [5, 5.41) is 3.60. The molecular weight excluding hydrogens is 239 g/mol. The van der Waals surface area contributed by atoms with Crippen molar-refractivity contribution in [1.29, 1.82) is 0 Å². The number of ether oxygens (including phenoxy) is 1. The third-order valence-corrected chi connectivity index (χ3v) is 2.24. The molecule has 0 aliphatic heterocycles. The maximum atomic E-state index is 13.1. The van der Waals surface area contributed by atoms with Gasteiger partial charge in [-0.25, -0.2) is 4.39 Å². The van der Waals surface area contributed by atoms with Crippen LogP contribution in [0.1, 0.15) is 29.0 Å². The molecule has 0 aliphatic carbocycles. The highest BCUT2D eigenvalue weighted by atomic mass is 19.1. The highest BCUT2D eigenvalue weighted by molar-refractivity contribution is 5.96. The summed E-state index contributed by atoms with van der Waals surface area (Å²) >= 11 is 0. The fourth-order valence-electron chi connectivity index (χ4n) is 1.44. The van der Waals surface area contributed by atoms with E-state index in [9.17, 15) is 9.18 Å². The van der Waals surface area contributed by atoms with E-state index in [1.54, 1.807) is 6.92 Å². The molecule has 0 saturated carbocycles. The SMILES string of the molecule is CC(=O)c1ccc(F)cc1OCc1nc(C)no1. The van der Waals surface area contributed by atoms with Crippen LogP contribution in [0.4, 0.5) is 4.39 Å². The third-order valence-electron chi connectivity index (χ3n) is 2.24. The first kappa shape index (κ1) is 12.2. The summed E-state index contributed by atoms with van der Waals surface area (Å²) in [6.07, 6.45) is 0. The summed E-state index contributed by atoms with van der Waals surface area (Å²) in [6, 6.07) is 3.74. The maximum absolute atomic E-state index is 13.1. The van der Waals surface area contributed by atoms with Gasteiger partial charge in [-0.2, -0.15) is 4.98 Å². The Hall–Kier alpha value is -2.24. The van der Waals surface area contributed by atoms with E-state index in [0.717, 1.165) is 6.07 Å². The third kappa shape index (κ3) is 2.71. The molecule has 5 nitrogen and oxygen atoms in total. The van der Waals surface area contributed by atoms with E-state index in [0.29, 0.717) is 11.4 Å². The number of hydrogen-bond donors (Lipinski definition) is 0. The van der Waals surface area contributed by atoms with Crippen LogP contribution in [0.25, 0.3) is 0 Å². The fraction of sp³-hybridized carbons (Fsp3) is 0.250. The van der Waals surface area contributed by atoms with Gasteiger partial charge in [0.25, 0.3) is 5.89 Å². The minimum Gasteiger partial charge on any atom is -0.483 e. The van der Waals surface area contributed by atoms with E-state index < -0.39 is 5.82 Å². The number of Topliss-reactive ketones (excluding diaryl/α,β-unsaturated/α-hetero) is 1. The number of halogens is 1. The number of rotatable bonds is 4. The van der Waals surface area contributed by atoms with E-state index in [1.807, 2.05) is 0 Å². The number of hydrogen-bond acceptors (Lipinski definition) is 5. The molecule has 0 N–H and O–H groups in total. The van der Waals surface area contributed by atoms with Crippen LogP contribution in [-0.4, -0.2) is 15.9 Å². The van der Waals surface area contributed by atoms with Crippen LogP contribution in [0, 0.1) is 12.7 Å². The molecule has 18 heavy (non-hydrogen) atoms. The number of carbonyl (C=O) groups excluding carboxylic acids is 1.